The van der Waals surface area contributed by atoms with Crippen LogP contribution in [0, 0.1) is 10.1 Å². The maximum Gasteiger partial charge on any atom is 0.340 e. The molecule has 0 atom stereocenters. The minimum absolute atomic E-state index is 0.0201. The van der Waals surface area contributed by atoms with Gasteiger partial charge in [0, 0.05) is 0 Å². The Hall–Kier alpha value is -2.11. The van der Waals surface area contributed by atoms with Crippen LogP contribution in [0.1, 0.15) is 10.4 Å². The summed E-state index contributed by atoms with van der Waals surface area (Å²) in [6.07, 6.45) is 0. The summed E-state index contributed by atoms with van der Waals surface area (Å²) >= 11 is 0. The second-order valence-corrected chi connectivity index (χ2v) is 2.30. The first-order chi connectivity index (χ1) is 6.65. The molecule has 0 unspecified atom stereocenters. The number of carbonyl (C=O) groups excluding carboxylic acids is 1. The van der Waals surface area contributed by atoms with E-state index < -0.39 is 11.1 Å². The molecule has 0 aromatic heterocycles. The van der Waals surface area contributed by atoms with Crippen molar-refractivity contribution >= 4 is 5.97 Å². The Bertz CT molecular complexity index is 363. The van der Waals surface area contributed by atoms with Crippen LogP contribution in [0.5, 0.6) is 5.75 Å². The summed E-state index contributed by atoms with van der Waals surface area (Å²) in [6, 6.07) is 5.77. The van der Waals surface area contributed by atoms with Gasteiger partial charge in [0.05, 0.1) is 12.7 Å². The molecule has 1 aromatic rings. The zero-order valence-corrected chi connectivity index (χ0v) is 7.30. The van der Waals surface area contributed by atoms with E-state index in [4.69, 9.17) is 0 Å². The second-order valence-electron chi connectivity index (χ2n) is 2.30. The molecular formula is C8H7NO5. The largest absolute Gasteiger partial charge is 0.465 e. The molecule has 6 heteroatoms. The number of nitrogens with zero attached hydrogens (tertiary/aromatic N) is 1. The number of hydrogen-bond acceptors (Lipinski definition) is 5. The van der Waals surface area contributed by atoms with Crippen LogP contribution in [0.25, 0.3) is 0 Å². The Morgan fingerprint density at radius 1 is 1.43 bits per heavy atom. The maximum absolute atomic E-state index is 11.1. The average Bonchev–Trinajstić information content (AvgIpc) is 2.16. The average molecular weight is 197 g/mol. The van der Waals surface area contributed by atoms with Crippen LogP contribution in [0.15, 0.2) is 24.3 Å². The molecule has 0 spiro atoms. The molecule has 6 nitrogen and oxygen atoms in total. The molecule has 0 aliphatic rings. The molecule has 0 saturated carbocycles. The first kappa shape index (κ1) is 9.97. The third kappa shape index (κ3) is 2.19. The molecule has 0 aliphatic carbocycles. The minimum Gasteiger partial charge on any atom is -0.465 e. The third-order valence-electron chi connectivity index (χ3n) is 1.47. The lowest BCUT2D eigenvalue weighted by Gasteiger charge is -2.04. The van der Waals surface area contributed by atoms with Crippen LogP contribution in [0.4, 0.5) is 0 Å². The van der Waals surface area contributed by atoms with Crippen molar-refractivity contribution in [3.63, 3.8) is 0 Å². The van der Waals surface area contributed by atoms with Gasteiger partial charge in [-0.25, -0.2) is 4.79 Å². The van der Waals surface area contributed by atoms with E-state index in [0.717, 1.165) is 0 Å². The SMILES string of the molecule is COC(=O)c1ccccc1O[N+](=O)[O-]. The van der Waals surface area contributed by atoms with Crippen LogP contribution in [-0.2, 0) is 4.74 Å². The third-order valence-corrected chi connectivity index (χ3v) is 1.47. The molecule has 0 N–H and O–H groups in total. The van der Waals surface area contributed by atoms with Crippen molar-refractivity contribution in [1.82, 2.24) is 0 Å². The molecule has 1 aromatic carbocycles. The summed E-state index contributed by atoms with van der Waals surface area (Å²) in [5.74, 6) is -0.813. The normalized spacial score (nSPS) is 9.21. The van der Waals surface area contributed by atoms with E-state index in [1.165, 1.54) is 25.3 Å². The van der Waals surface area contributed by atoms with Crippen LogP contribution < -0.4 is 4.84 Å². The van der Waals surface area contributed by atoms with Crippen molar-refractivity contribution in [1.29, 1.82) is 0 Å². The van der Waals surface area contributed by atoms with Crippen molar-refractivity contribution in [2.24, 2.45) is 0 Å². The Morgan fingerprint density at radius 2 is 2.07 bits per heavy atom. The van der Waals surface area contributed by atoms with Gasteiger partial charge in [0.15, 0.2) is 0 Å². The van der Waals surface area contributed by atoms with E-state index in [9.17, 15) is 14.9 Å². The van der Waals surface area contributed by atoms with Crippen molar-refractivity contribution in [3.8, 4) is 5.75 Å². The lowest BCUT2D eigenvalue weighted by molar-refractivity contribution is -0.711. The summed E-state index contributed by atoms with van der Waals surface area (Å²) in [5, 5.41) is 9.08. The summed E-state index contributed by atoms with van der Waals surface area (Å²) in [5.41, 5.74) is 0.0201. The lowest BCUT2D eigenvalue weighted by atomic mass is 10.2. The van der Waals surface area contributed by atoms with Crippen LogP contribution in [0.2, 0.25) is 0 Å². The van der Waals surface area contributed by atoms with Gasteiger partial charge in [-0.2, -0.15) is 0 Å². The fourth-order valence-electron chi connectivity index (χ4n) is 0.905. The van der Waals surface area contributed by atoms with Crippen molar-refractivity contribution in [2.75, 3.05) is 7.11 Å². The number of para-hydroxylation sites is 1. The van der Waals surface area contributed by atoms with Crippen molar-refractivity contribution in [2.45, 2.75) is 0 Å². The van der Waals surface area contributed by atoms with Gasteiger partial charge in [-0.05, 0) is 12.1 Å². The molecule has 0 amide bonds. The topological polar surface area (TPSA) is 78.7 Å². The van der Waals surface area contributed by atoms with E-state index in [1.54, 1.807) is 6.07 Å². The fraction of sp³-hybridized carbons (Fsp3) is 0.125. The molecule has 14 heavy (non-hydrogen) atoms. The van der Waals surface area contributed by atoms with Gasteiger partial charge in [0.25, 0.3) is 5.09 Å². The minimum atomic E-state index is -0.984. The van der Waals surface area contributed by atoms with E-state index in [-0.39, 0.29) is 11.3 Å². The number of benzene rings is 1. The van der Waals surface area contributed by atoms with Crippen molar-refractivity contribution in [3.05, 3.63) is 39.9 Å². The zero-order valence-electron chi connectivity index (χ0n) is 7.30. The van der Waals surface area contributed by atoms with Crippen molar-refractivity contribution < 1.29 is 19.5 Å². The van der Waals surface area contributed by atoms with E-state index in [1.807, 2.05) is 0 Å². The van der Waals surface area contributed by atoms with Gasteiger partial charge in [-0.1, -0.05) is 12.1 Å². The second kappa shape index (κ2) is 4.22. The number of methoxy groups -OCH3 is 1. The first-order valence-corrected chi connectivity index (χ1v) is 3.65. The lowest BCUT2D eigenvalue weighted by Crippen LogP contribution is -2.09. The van der Waals surface area contributed by atoms with E-state index in [0.29, 0.717) is 0 Å². The number of carbonyl (C=O) groups is 1. The number of esters is 1. The molecule has 1 rings (SSSR count). The van der Waals surface area contributed by atoms with Crippen LogP contribution in [0.3, 0.4) is 0 Å². The van der Waals surface area contributed by atoms with Gasteiger partial charge >= 0.3 is 5.97 Å². The highest BCUT2D eigenvalue weighted by atomic mass is 17.0. The monoisotopic (exact) mass is 197 g/mol. The Morgan fingerprint density at radius 3 is 2.64 bits per heavy atom. The number of rotatable bonds is 3. The van der Waals surface area contributed by atoms with E-state index in [2.05, 4.69) is 9.57 Å². The van der Waals surface area contributed by atoms with Gasteiger partial charge in [-0.15, -0.1) is 10.1 Å². The quantitative estimate of drug-likeness (QED) is 0.411. The molecule has 0 fully saturated rings. The van der Waals surface area contributed by atoms with Gasteiger partial charge in [-0.3, -0.25) is 4.84 Å². The summed E-state index contributed by atoms with van der Waals surface area (Å²) in [4.78, 5) is 25.3. The smallest absolute Gasteiger partial charge is 0.340 e. The summed E-state index contributed by atoms with van der Waals surface area (Å²) in [7, 11) is 1.19. The predicted molar refractivity (Wildman–Crippen MR) is 45.4 cm³/mol. The molecule has 74 valence electrons. The highest BCUT2D eigenvalue weighted by Gasteiger charge is 2.13. The molecule has 0 saturated heterocycles. The predicted octanol–water partition coefficient (Wildman–Crippen LogP) is 1.04. The Kier molecular flexibility index (Phi) is 3.01. The standard InChI is InChI=1S/C8H7NO5/c1-13-8(10)6-4-2-3-5-7(6)14-9(11)12/h2-5H,1H3. The maximum atomic E-state index is 11.1. The molecule has 0 radical (unpaired) electrons. The molecule has 0 heterocycles. The fourth-order valence-corrected chi connectivity index (χ4v) is 0.905. The number of hydrogen-bond donors (Lipinski definition) is 0. The Labute approximate surface area is 79.2 Å². The summed E-state index contributed by atoms with van der Waals surface area (Å²) in [6.45, 7) is 0. The molecular weight excluding hydrogens is 190 g/mol. The highest BCUT2D eigenvalue weighted by molar-refractivity contribution is 5.92. The van der Waals surface area contributed by atoms with Gasteiger partial charge in [0.2, 0.25) is 0 Å². The molecule has 0 aliphatic heterocycles. The van der Waals surface area contributed by atoms with Crippen LogP contribution in [-0.4, -0.2) is 18.2 Å². The zero-order chi connectivity index (χ0) is 10.6. The Balaban J connectivity index is 3.02. The summed E-state index contributed by atoms with van der Waals surface area (Å²) < 4.78 is 4.42. The molecule has 0 bridgehead atoms. The number of ether oxygens (including phenoxy) is 1. The highest BCUT2D eigenvalue weighted by Crippen LogP contribution is 2.18. The van der Waals surface area contributed by atoms with Crippen LogP contribution >= 0.6 is 0 Å². The first-order valence-electron chi connectivity index (χ1n) is 3.65. The van der Waals surface area contributed by atoms with Gasteiger partial charge < -0.3 is 4.74 Å². The van der Waals surface area contributed by atoms with E-state index >= 15 is 0 Å². The van der Waals surface area contributed by atoms with Gasteiger partial charge in [0.1, 0.15) is 5.75 Å².